The van der Waals surface area contributed by atoms with Gasteiger partial charge < -0.3 is 0 Å². The smallest absolute Gasteiger partial charge is 0.235 e. The lowest BCUT2D eigenvalue weighted by atomic mass is 9.98. The number of nitrogens with zero attached hydrogens (tertiary/aromatic N) is 6. The van der Waals surface area contributed by atoms with Crippen LogP contribution in [0.2, 0.25) is 0 Å². The first kappa shape index (κ1) is 29.7. The van der Waals surface area contributed by atoms with Gasteiger partial charge in [-0.25, -0.2) is 19.9 Å². The molecule has 0 radical (unpaired) electrons. The Morgan fingerprint density at radius 3 is 0.964 bits per heavy atom. The fourth-order valence-electron chi connectivity index (χ4n) is 9.47. The summed E-state index contributed by atoms with van der Waals surface area (Å²) in [4.78, 5) is 21.0. The molecule has 0 bridgehead atoms. The SMILES string of the molecule is c1ccc2c(c1)c1ccccc1c1nc(-n3c4ccccc4c4c5c6ccccc6n(-c6ncc7c8ccccc8c8ccccc8c7n6)c5ccc43)ncc21. The molecule has 9 aromatic carbocycles. The summed E-state index contributed by atoms with van der Waals surface area (Å²) in [6.07, 6.45) is 4.00. The number of hydrogen-bond donors (Lipinski definition) is 0. The van der Waals surface area contributed by atoms with E-state index < -0.39 is 0 Å². The molecule has 0 aliphatic carbocycles. The highest BCUT2D eigenvalue weighted by Gasteiger charge is 2.23. The second-order valence-electron chi connectivity index (χ2n) is 14.6. The molecule has 0 fully saturated rings. The number of rotatable bonds is 2. The average Bonchev–Trinajstić information content (AvgIpc) is 3.79. The first-order valence-corrected chi connectivity index (χ1v) is 18.9. The molecule has 13 aromatic rings. The Morgan fingerprint density at radius 2 is 0.571 bits per heavy atom. The van der Waals surface area contributed by atoms with Crippen molar-refractivity contribution in [2.45, 2.75) is 0 Å². The van der Waals surface area contributed by atoms with Crippen LogP contribution in [0.4, 0.5) is 0 Å². The fourth-order valence-corrected chi connectivity index (χ4v) is 9.47. The van der Waals surface area contributed by atoms with E-state index in [-0.39, 0.29) is 0 Å². The molecular formula is C50H28N6. The molecule has 0 amide bonds. The lowest BCUT2D eigenvalue weighted by Crippen LogP contribution is -2.02. The van der Waals surface area contributed by atoms with Gasteiger partial charge in [-0.15, -0.1) is 0 Å². The third-order valence-corrected chi connectivity index (χ3v) is 11.8. The normalized spacial score (nSPS) is 12.3. The fraction of sp³-hybridized carbons (Fsp3) is 0. The average molecular weight is 713 g/mol. The van der Waals surface area contributed by atoms with Crippen molar-refractivity contribution in [1.29, 1.82) is 0 Å². The van der Waals surface area contributed by atoms with Crippen LogP contribution in [0.15, 0.2) is 170 Å². The maximum absolute atomic E-state index is 5.39. The Balaban J connectivity index is 1.12. The van der Waals surface area contributed by atoms with Crippen LogP contribution in [0, 0.1) is 0 Å². The van der Waals surface area contributed by atoms with Crippen molar-refractivity contribution in [3.8, 4) is 11.9 Å². The van der Waals surface area contributed by atoms with Gasteiger partial charge >= 0.3 is 0 Å². The summed E-state index contributed by atoms with van der Waals surface area (Å²) >= 11 is 0. The first-order valence-electron chi connectivity index (χ1n) is 18.9. The van der Waals surface area contributed by atoms with E-state index in [0.717, 1.165) is 87.0 Å². The van der Waals surface area contributed by atoms with Gasteiger partial charge in [0.05, 0.1) is 33.1 Å². The largest absolute Gasteiger partial charge is 0.278 e. The van der Waals surface area contributed by atoms with Gasteiger partial charge in [-0.1, -0.05) is 133 Å². The van der Waals surface area contributed by atoms with E-state index in [2.05, 4.69) is 167 Å². The summed E-state index contributed by atoms with van der Waals surface area (Å²) in [6.45, 7) is 0. The summed E-state index contributed by atoms with van der Waals surface area (Å²) in [5, 5.41) is 16.0. The zero-order valence-corrected chi connectivity index (χ0v) is 29.8. The van der Waals surface area contributed by atoms with Gasteiger partial charge in [0, 0.05) is 55.5 Å². The summed E-state index contributed by atoms with van der Waals surface area (Å²) in [5.74, 6) is 1.29. The van der Waals surface area contributed by atoms with Crippen LogP contribution in [0.5, 0.6) is 0 Å². The Hall–Kier alpha value is -7.70. The quantitative estimate of drug-likeness (QED) is 0.167. The van der Waals surface area contributed by atoms with Crippen molar-refractivity contribution in [2.24, 2.45) is 0 Å². The van der Waals surface area contributed by atoms with Gasteiger partial charge in [-0.3, -0.25) is 9.13 Å². The highest BCUT2D eigenvalue weighted by molar-refractivity contribution is 6.29. The lowest BCUT2D eigenvalue weighted by Gasteiger charge is -2.12. The van der Waals surface area contributed by atoms with Gasteiger partial charge in [-0.05, 0) is 56.6 Å². The van der Waals surface area contributed by atoms with Crippen molar-refractivity contribution in [2.75, 3.05) is 0 Å². The molecule has 6 nitrogen and oxygen atoms in total. The first-order chi connectivity index (χ1) is 27.8. The van der Waals surface area contributed by atoms with Gasteiger partial charge in [0.15, 0.2) is 0 Å². The molecule has 0 atom stereocenters. The molecule has 4 aromatic heterocycles. The van der Waals surface area contributed by atoms with E-state index in [1.54, 1.807) is 0 Å². The van der Waals surface area contributed by atoms with Crippen LogP contribution in [-0.2, 0) is 0 Å². The van der Waals surface area contributed by atoms with E-state index in [9.17, 15) is 0 Å². The van der Waals surface area contributed by atoms with Crippen molar-refractivity contribution >= 4 is 109 Å². The summed E-state index contributed by atoms with van der Waals surface area (Å²) in [7, 11) is 0. The van der Waals surface area contributed by atoms with Crippen LogP contribution in [0.25, 0.3) is 120 Å². The molecule has 258 valence electrons. The molecular weight excluding hydrogens is 685 g/mol. The minimum absolute atomic E-state index is 0.643. The molecule has 0 aliphatic heterocycles. The number of para-hydroxylation sites is 2. The monoisotopic (exact) mass is 712 g/mol. The number of hydrogen-bond acceptors (Lipinski definition) is 4. The van der Waals surface area contributed by atoms with E-state index >= 15 is 0 Å². The van der Waals surface area contributed by atoms with Gasteiger partial charge in [0.2, 0.25) is 11.9 Å². The minimum Gasteiger partial charge on any atom is -0.278 e. The Morgan fingerprint density at radius 1 is 0.268 bits per heavy atom. The van der Waals surface area contributed by atoms with Crippen molar-refractivity contribution < 1.29 is 0 Å². The Kier molecular flexibility index (Phi) is 5.80. The van der Waals surface area contributed by atoms with Crippen LogP contribution in [0.1, 0.15) is 0 Å². The second-order valence-corrected chi connectivity index (χ2v) is 14.6. The molecule has 4 heterocycles. The predicted octanol–water partition coefficient (Wildman–Crippen LogP) is 12.4. The molecule has 0 aliphatic rings. The van der Waals surface area contributed by atoms with Crippen LogP contribution >= 0.6 is 0 Å². The van der Waals surface area contributed by atoms with Crippen molar-refractivity contribution in [1.82, 2.24) is 29.1 Å². The zero-order chi connectivity index (χ0) is 36.5. The van der Waals surface area contributed by atoms with Crippen LogP contribution in [0.3, 0.4) is 0 Å². The van der Waals surface area contributed by atoms with Crippen molar-refractivity contribution in [3.05, 3.63) is 170 Å². The molecule has 0 saturated carbocycles. The third-order valence-electron chi connectivity index (χ3n) is 11.8. The highest BCUT2D eigenvalue weighted by atomic mass is 15.2. The van der Waals surface area contributed by atoms with Gasteiger partial charge in [-0.2, -0.15) is 0 Å². The van der Waals surface area contributed by atoms with Crippen LogP contribution < -0.4 is 0 Å². The standard InChI is InChI=1S/C50H28N6/c1-3-17-33-29(13-1)31-15-5-7-19-35(31)47-39(33)27-51-49(53-47)55-41-23-11-9-21-37(41)45-43(55)25-26-44-46(45)38-22-10-12-24-42(38)56(44)50-52-28-40-34-18-4-2-14-30(34)32-16-6-8-20-36(32)48(40)54-50/h1-28H. The van der Waals surface area contributed by atoms with Gasteiger partial charge in [0.1, 0.15) is 0 Å². The van der Waals surface area contributed by atoms with Crippen molar-refractivity contribution in [3.63, 3.8) is 0 Å². The molecule has 0 spiro atoms. The molecule has 0 N–H and O–H groups in total. The predicted molar refractivity (Wildman–Crippen MR) is 231 cm³/mol. The molecule has 56 heavy (non-hydrogen) atoms. The zero-order valence-electron chi connectivity index (χ0n) is 29.8. The van der Waals surface area contributed by atoms with E-state index in [1.165, 1.54) is 21.5 Å². The number of fused-ring (bicyclic) bond motifs is 19. The van der Waals surface area contributed by atoms with Crippen LogP contribution in [-0.4, -0.2) is 29.1 Å². The van der Waals surface area contributed by atoms with E-state index in [0.29, 0.717) is 11.9 Å². The minimum atomic E-state index is 0.643. The topological polar surface area (TPSA) is 61.4 Å². The Bertz CT molecular complexity index is 3510. The maximum Gasteiger partial charge on any atom is 0.235 e. The molecule has 13 rings (SSSR count). The number of aromatic nitrogens is 6. The lowest BCUT2D eigenvalue weighted by molar-refractivity contribution is 1.01. The molecule has 0 saturated heterocycles. The third kappa shape index (κ3) is 3.84. The highest BCUT2D eigenvalue weighted by Crippen LogP contribution is 2.43. The van der Waals surface area contributed by atoms with E-state index in [1.807, 2.05) is 12.4 Å². The van der Waals surface area contributed by atoms with Gasteiger partial charge in [0.25, 0.3) is 0 Å². The van der Waals surface area contributed by atoms with E-state index in [4.69, 9.17) is 19.9 Å². The maximum atomic E-state index is 5.39. The summed E-state index contributed by atoms with van der Waals surface area (Å²) in [6, 6.07) is 55.8. The second kappa shape index (κ2) is 10.9. The Labute approximate surface area is 318 Å². The molecule has 0 unspecified atom stereocenters. The number of benzene rings is 9. The summed E-state index contributed by atoms with van der Waals surface area (Å²) < 4.78 is 4.45. The summed E-state index contributed by atoms with van der Waals surface area (Å²) in [5.41, 5.74) is 6.09. The molecule has 6 heteroatoms.